The second-order valence-corrected chi connectivity index (χ2v) is 28.9. The monoisotopic (exact) mass is 1720 g/mol. The van der Waals surface area contributed by atoms with Gasteiger partial charge in [-0.25, -0.2) is 68.0 Å². The topological polar surface area (TPSA) is 343 Å². The Morgan fingerprint density at radius 3 is 1.23 bits per heavy atom. The zero-order valence-corrected chi connectivity index (χ0v) is 69.1. The SMILES string of the molecule is CC(F)c1cccc(CC(=O)c2cc(F)cc(Oc3cncnc3)c2)n1.Cc1cccc(CC(=O)c2cc(C#N)cc(Oc3cncnc3)c2)n1.Cc1ccnc(CC(=O)c2cc(Cl)cc(Oc3cncnc3)c2)c1.Cc1ccnc(CC(=O)c2cc(F)cc(N(C)c3cncnc3)c2)c1.Cc1nc(CC(=O)c2cc(Cl)cc(Oc3cncnc3)c2)sc1F. The van der Waals surface area contributed by atoms with Gasteiger partial charge in [0.25, 0.3) is 0 Å². The van der Waals surface area contributed by atoms with Gasteiger partial charge >= 0.3 is 0 Å². The highest BCUT2D eigenvalue weighted by Gasteiger charge is 2.21. The molecule has 0 bridgehead atoms. The molecule has 1 atom stereocenters. The number of pyridine rings is 4. The summed E-state index contributed by atoms with van der Waals surface area (Å²) < 4.78 is 77.0. The first kappa shape index (κ1) is 89.7. The normalized spacial score (nSPS) is 10.7. The van der Waals surface area contributed by atoms with Gasteiger partial charge in [0.05, 0.1) is 123 Å². The number of halogens is 6. The van der Waals surface area contributed by atoms with Crippen molar-refractivity contribution in [3.63, 3.8) is 0 Å². The number of hydrogen-bond donors (Lipinski definition) is 0. The van der Waals surface area contributed by atoms with Gasteiger partial charge in [0, 0.05) is 97.5 Å². The maximum atomic E-state index is 14.0. The lowest BCUT2D eigenvalue weighted by molar-refractivity contribution is 0.0983. The summed E-state index contributed by atoms with van der Waals surface area (Å²) in [6.45, 7) is 8.71. The van der Waals surface area contributed by atoms with E-state index in [4.69, 9.17) is 42.1 Å². The highest BCUT2D eigenvalue weighted by Crippen LogP contribution is 2.32. The van der Waals surface area contributed by atoms with Gasteiger partial charge in [0.2, 0.25) is 0 Å². The second kappa shape index (κ2) is 44.2. The van der Waals surface area contributed by atoms with E-state index in [9.17, 15) is 46.8 Å². The number of benzene rings is 5. The van der Waals surface area contributed by atoms with E-state index in [1.807, 2.05) is 63.2 Å². The molecular weight excluding hydrogens is 1650 g/mol. The Kier molecular flexibility index (Phi) is 32.0. The highest BCUT2D eigenvalue weighted by atomic mass is 35.5. The molecule has 0 radical (unpaired) electrons. The van der Waals surface area contributed by atoms with Crippen molar-refractivity contribution in [3.8, 4) is 52.1 Å². The average molecular weight is 1730 g/mol. The Balaban J connectivity index is 0.000000151. The molecule has 33 heteroatoms. The smallest absolute Gasteiger partial charge is 0.199 e. The van der Waals surface area contributed by atoms with E-state index in [2.05, 4.69) is 74.8 Å². The summed E-state index contributed by atoms with van der Waals surface area (Å²) in [5, 5.41) is 10.0. The summed E-state index contributed by atoms with van der Waals surface area (Å²) in [6.07, 6.45) is 24.7. The molecule has 10 heterocycles. The van der Waals surface area contributed by atoms with Crippen molar-refractivity contribution in [1.82, 2.24) is 74.8 Å². The summed E-state index contributed by atoms with van der Waals surface area (Å²) in [4.78, 5) is 124. The lowest BCUT2D eigenvalue weighted by atomic mass is 10.0. The molecule has 5 aromatic carbocycles. The van der Waals surface area contributed by atoms with Crippen LogP contribution in [-0.4, -0.2) is 111 Å². The summed E-state index contributed by atoms with van der Waals surface area (Å²) in [5.74, 6) is 0.981. The van der Waals surface area contributed by atoms with Crippen LogP contribution in [0, 0.1) is 55.8 Å². The van der Waals surface area contributed by atoms with Gasteiger partial charge in [-0.2, -0.15) is 9.65 Å². The van der Waals surface area contributed by atoms with E-state index < -0.39 is 17.8 Å². The summed E-state index contributed by atoms with van der Waals surface area (Å²) >= 11 is 13.0. The number of thiazole rings is 1. The zero-order valence-electron chi connectivity index (χ0n) is 66.8. The van der Waals surface area contributed by atoms with E-state index in [1.165, 1.54) is 112 Å². The van der Waals surface area contributed by atoms with Crippen molar-refractivity contribution in [3.05, 3.63) is 374 Å². The van der Waals surface area contributed by atoms with Gasteiger partial charge in [-0.05, 0) is 179 Å². The van der Waals surface area contributed by atoms with Crippen molar-refractivity contribution >= 4 is 74.8 Å². The molecule has 0 aliphatic heterocycles. The lowest BCUT2D eigenvalue weighted by Gasteiger charge is -2.19. The third kappa shape index (κ3) is 28.0. The molecule has 0 aliphatic carbocycles. The Morgan fingerprint density at radius 2 is 0.806 bits per heavy atom. The van der Waals surface area contributed by atoms with Gasteiger partial charge in [-0.1, -0.05) is 46.7 Å². The Labute approximate surface area is 721 Å². The Hall–Kier alpha value is -15.1. The van der Waals surface area contributed by atoms with Crippen LogP contribution in [0.5, 0.6) is 46.0 Å². The molecule has 26 nitrogen and oxygen atoms in total. The minimum absolute atomic E-state index is 0.00363. The number of ketones is 5. The number of rotatable bonds is 26. The van der Waals surface area contributed by atoms with Gasteiger partial charge < -0.3 is 23.8 Å². The first-order valence-electron chi connectivity index (χ1n) is 37.4. The summed E-state index contributed by atoms with van der Waals surface area (Å²) in [6, 6.07) is 42.2. The van der Waals surface area contributed by atoms with Gasteiger partial charge in [0.15, 0.2) is 57.0 Å². The van der Waals surface area contributed by atoms with Crippen molar-refractivity contribution in [2.75, 3.05) is 11.9 Å². The number of nitrogens with zero attached hydrogens (tertiary/aromatic N) is 17. The van der Waals surface area contributed by atoms with Gasteiger partial charge in [0.1, 0.15) is 77.4 Å². The maximum Gasteiger partial charge on any atom is 0.199 e. The number of ether oxygens (including phenoxy) is 4. The number of Topliss-reactive ketones (excluding diaryl/α,β-unsaturated/α-hetero) is 5. The molecule has 124 heavy (non-hydrogen) atoms. The van der Waals surface area contributed by atoms with E-state index in [0.29, 0.717) is 117 Å². The standard InChI is InChI=1S/C19H15F2N3O2.C19H17FN4O.C19H14N4O2.C18H14ClN3O2.C16H11ClFN3O2S/c1-12(20)18-4-2-3-15(24-18)8-19(25)13-5-14(21)7-16(6-13)26-17-9-22-11-23-10-17;1-13-3-4-23-16(5-13)9-19(25)14-6-15(20)8-17(7-14)24(2)18-10-21-12-22-11-18;1-13-3-2-4-16(23-13)8-19(24)15-5-14(9-20)6-17(7-15)25-18-10-21-12-22-11-18;1-12-2-3-22-15(4-12)8-18(23)13-5-14(19)7-16(6-13)24-17-9-20-11-21-10-17;1-9-16(18)24-15(21-9)5-14(22)10-2-11(17)4-12(3-10)23-13-6-19-8-20-7-13/h2-7,9-12H,8H2,1H3;3-8,10-12H,9H2,1-2H3;2-7,10-12H,8H2,1H3;2-7,9-11H,8H2,1H3;2-4,6-8H,5H2,1H3. The molecule has 0 fully saturated rings. The second-order valence-electron chi connectivity index (χ2n) is 27.0. The molecule has 0 spiro atoms. The van der Waals surface area contributed by atoms with Crippen molar-refractivity contribution in [2.24, 2.45) is 0 Å². The third-order valence-electron chi connectivity index (χ3n) is 17.1. The zero-order chi connectivity index (χ0) is 88.0. The largest absolute Gasteiger partial charge is 0.454 e. The highest BCUT2D eigenvalue weighted by molar-refractivity contribution is 7.10. The molecule has 0 N–H and O–H groups in total. The fourth-order valence-corrected chi connectivity index (χ4v) is 12.6. The summed E-state index contributed by atoms with van der Waals surface area (Å²) in [5.41, 5.74) is 9.25. The predicted molar refractivity (Wildman–Crippen MR) is 453 cm³/mol. The number of hydrogen-bond acceptors (Lipinski definition) is 27. The number of carbonyl (C=O) groups is 5. The van der Waals surface area contributed by atoms with Crippen LogP contribution < -0.4 is 23.8 Å². The fraction of sp³-hybridized carbons (Fsp3) is 0.132. The molecule has 0 aliphatic rings. The fourth-order valence-electron chi connectivity index (χ4n) is 11.4. The molecule has 0 amide bonds. The number of anilines is 2. The van der Waals surface area contributed by atoms with Crippen LogP contribution in [0.15, 0.2) is 258 Å². The van der Waals surface area contributed by atoms with Crippen LogP contribution in [0.3, 0.4) is 0 Å². The van der Waals surface area contributed by atoms with Crippen molar-refractivity contribution in [1.29, 1.82) is 5.26 Å². The molecule has 10 aromatic heterocycles. The van der Waals surface area contributed by atoms with Crippen LogP contribution in [0.1, 0.15) is 126 Å². The first-order valence-corrected chi connectivity index (χ1v) is 39.0. The number of aromatic nitrogens is 15. The Bertz CT molecular complexity index is 6260. The molecule has 15 aromatic rings. The third-order valence-corrected chi connectivity index (χ3v) is 18.5. The van der Waals surface area contributed by atoms with Crippen LogP contribution in [0.25, 0.3) is 0 Å². The number of alkyl halides is 1. The van der Waals surface area contributed by atoms with E-state index >= 15 is 0 Å². The molecule has 0 saturated heterocycles. The average Bonchev–Trinajstić information content (AvgIpc) is 1.11. The maximum absolute atomic E-state index is 14.0. The Morgan fingerprint density at radius 1 is 0.419 bits per heavy atom. The van der Waals surface area contributed by atoms with Crippen LogP contribution in [0.4, 0.5) is 28.9 Å². The number of aryl methyl sites for hydroxylation is 4. The number of carbonyl (C=O) groups excluding carboxylic acids is 5. The molecule has 15 rings (SSSR count). The van der Waals surface area contributed by atoms with Crippen LogP contribution >= 0.6 is 34.5 Å². The molecule has 1 unspecified atom stereocenters. The van der Waals surface area contributed by atoms with Gasteiger partial charge in [-0.15, -0.1) is 0 Å². The summed E-state index contributed by atoms with van der Waals surface area (Å²) in [7, 11) is 1.77. The van der Waals surface area contributed by atoms with E-state index in [-0.39, 0.29) is 83.2 Å². The molecule has 0 saturated carbocycles. The molecule has 622 valence electrons. The van der Waals surface area contributed by atoms with Crippen molar-refractivity contribution < 1.29 is 60.5 Å². The first-order chi connectivity index (χ1) is 59.8. The predicted octanol–water partition coefficient (Wildman–Crippen LogP) is 19.3. The van der Waals surface area contributed by atoms with Gasteiger partial charge in [-0.3, -0.25) is 43.9 Å². The lowest BCUT2D eigenvalue weighted by Crippen LogP contribution is -2.12. The van der Waals surface area contributed by atoms with Crippen LogP contribution in [0.2, 0.25) is 10.0 Å². The number of nitriles is 1. The van der Waals surface area contributed by atoms with Crippen molar-refractivity contribution in [2.45, 2.75) is 72.9 Å². The molecular formula is C91H71Cl2F4N17O9S. The van der Waals surface area contributed by atoms with E-state index in [1.54, 1.807) is 123 Å². The quantitative estimate of drug-likeness (QED) is 0.0359. The van der Waals surface area contributed by atoms with Crippen LogP contribution in [-0.2, 0) is 32.1 Å². The minimum Gasteiger partial charge on any atom is -0.454 e. The minimum atomic E-state index is -1.23. The van der Waals surface area contributed by atoms with E-state index in [0.717, 1.165) is 46.0 Å².